The largest absolute Gasteiger partial charge is 0.377 e. The summed E-state index contributed by atoms with van der Waals surface area (Å²) in [6.07, 6.45) is 0. The molecular weight excluding hydrogens is 240 g/mol. The van der Waals surface area contributed by atoms with E-state index < -0.39 is 0 Å². The predicted molar refractivity (Wildman–Crippen MR) is 78.1 cm³/mol. The van der Waals surface area contributed by atoms with Gasteiger partial charge in [0.05, 0.1) is 17.5 Å². The standard InChI is InChI=1S/C16H19OS/c1-2-17-13-14-18(15-9-5-3-6-10-15)16-11-7-4-8-12-16/h3-12H,2,13-14H2,1H3/q+1. The zero-order chi connectivity index (χ0) is 12.6. The Morgan fingerprint density at radius 2 is 1.33 bits per heavy atom. The van der Waals surface area contributed by atoms with Gasteiger partial charge in [0.25, 0.3) is 0 Å². The highest BCUT2D eigenvalue weighted by Crippen LogP contribution is 2.23. The Bertz CT molecular complexity index is 402. The maximum atomic E-state index is 5.51. The van der Waals surface area contributed by atoms with Crippen LogP contribution in [0, 0.1) is 0 Å². The van der Waals surface area contributed by atoms with E-state index in [4.69, 9.17) is 4.74 Å². The van der Waals surface area contributed by atoms with E-state index in [1.165, 1.54) is 9.79 Å². The van der Waals surface area contributed by atoms with Gasteiger partial charge in [-0.3, -0.25) is 0 Å². The fourth-order valence-corrected chi connectivity index (χ4v) is 3.83. The molecule has 0 saturated carbocycles. The lowest BCUT2D eigenvalue weighted by Gasteiger charge is -2.08. The van der Waals surface area contributed by atoms with Gasteiger partial charge in [0.1, 0.15) is 5.75 Å². The third-order valence-corrected chi connectivity index (χ3v) is 4.95. The van der Waals surface area contributed by atoms with E-state index >= 15 is 0 Å². The van der Waals surface area contributed by atoms with Crippen molar-refractivity contribution in [3.8, 4) is 0 Å². The lowest BCUT2D eigenvalue weighted by atomic mass is 10.4. The molecular formula is C16H19OS+. The van der Waals surface area contributed by atoms with Crippen LogP contribution in [0.15, 0.2) is 70.5 Å². The molecule has 0 aromatic heterocycles. The molecule has 2 rings (SSSR count). The molecule has 94 valence electrons. The minimum Gasteiger partial charge on any atom is -0.377 e. The molecule has 0 atom stereocenters. The highest BCUT2D eigenvalue weighted by atomic mass is 32.2. The zero-order valence-electron chi connectivity index (χ0n) is 10.7. The summed E-state index contributed by atoms with van der Waals surface area (Å²) in [5.41, 5.74) is 0. The van der Waals surface area contributed by atoms with Crippen LogP contribution in [0.25, 0.3) is 0 Å². The molecule has 2 heteroatoms. The minimum absolute atomic E-state index is 0.122. The molecule has 2 aromatic rings. The molecule has 2 aromatic carbocycles. The van der Waals surface area contributed by atoms with Crippen molar-refractivity contribution in [2.45, 2.75) is 16.7 Å². The Kier molecular flexibility index (Phi) is 5.31. The van der Waals surface area contributed by atoms with Gasteiger partial charge in [-0.15, -0.1) is 0 Å². The summed E-state index contributed by atoms with van der Waals surface area (Å²) in [6.45, 7) is 3.66. The second-order valence-corrected chi connectivity index (χ2v) is 6.05. The van der Waals surface area contributed by atoms with Crippen LogP contribution in [0.2, 0.25) is 0 Å². The molecule has 0 bridgehead atoms. The fourth-order valence-electron chi connectivity index (χ4n) is 1.83. The maximum Gasteiger partial charge on any atom is 0.160 e. The van der Waals surface area contributed by atoms with Gasteiger partial charge >= 0.3 is 0 Å². The molecule has 0 heterocycles. The number of benzene rings is 2. The van der Waals surface area contributed by atoms with E-state index in [0.717, 1.165) is 19.0 Å². The first-order valence-corrected chi connectivity index (χ1v) is 7.70. The van der Waals surface area contributed by atoms with Gasteiger partial charge < -0.3 is 4.74 Å². The van der Waals surface area contributed by atoms with Crippen molar-refractivity contribution in [1.29, 1.82) is 0 Å². The van der Waals surface area contributed by atoms with Crippen molar-refractivity contribution in [2.24, 2.45) is 0 Å². The molecule has 0 unspecified atom stereocenters. The van der Waals surface area contributed by atoms with Crippen LogP contribution in [0.5, 0.6) is 0 Å². The fraction of sp³-hybridized carbons (Fsp3) is 0.250. The van der Waals surface area contributed by atoms with Gasteiger partial charge in [-0.05, 0) is 31.2 Å². The molecule has 0 N–H and O–H groups in total. The maximum absolute atomic E-state index is 5.51. The summed E-state index contributed by atoms with van der Waals surface area (Å²) >= 11 is 0. The van der Waals surface area contributed by atoms with Crippen molar-refractivity contribution in [3.63, 3.8) is 0 Å². The van der Waals surface area contributed by atoms with E-state index in [2.05, 4.69) is 60.7 Å². The Balaban J connectivity index is 2.18. The molecule has 1 nitrogen and oxygen atoms in total. The SMILES string of the molecule is CCOCC[S+](c1ccccc1)c1ccccc1. The Morgan fingerprint density at radius 3 is 1.78 bits per heavy atom. The van der Waals surface area contributed by atoms with Crippen LogP contribution >= 0.6 is 0 Å². The summed E-state index contributed by atoms with van der Waals surface area (Å²) in [4.78, 5) is 2.78. The van der Waals surface area contributed by atoms with E-state index in [1.807, 2.05) is 6.92 Å². The van der Waals surface area contributed by atoms with Crippen LogP contribution in [0.1, 0.15) is 6.92 Å². The summed E-state index contributed by atoms with van der Waals surface area (Å²) in [6, 6.07) is 21.4. The molecule has 0 aliphatic carbocycles. The molecule has 0 aliphatic rings. The quantitative estimate of drug-likeness (QED) is 0.567. The van der Waals surface area contributed by atoms with Crippen LogP contribution < -0.4 is 0 Å². The van der Waals surface area contributed by atoms with Crippen molar-refractivity contribution in [2.75, 3.05) is 19.0 Å². The zero-order valence-corrected chi connectivity index (χ0v) is 11.5. The number of hydrogen-bond donors (Lipinski definition) is 0. The number of ether oxygens (including phenoxy) is 1. The first-order chi connectivity index (χ1) is 8.92. The van der Waals surface area contributed by atoms with Gasteiger partial charge in [0.2, 0.25) is 0 Å². The van der Waals surface area contributed by atoms with Crippen molar-refractivity contribution in [3.05, 3.63) is 60.7 Å². The summed E-state index contributed by atoms with van der Waals surface area (Å²) in [5, 5.41) is 0. The third kappa shape index (κ3) is 3.62. The first-order valence-electron chi connectivity index (χ1n) is 6.30. The topological polar surface area (TPSA) is 9.23 Å². The molecule has 0 saturated heterocycles. The van der Waals surface area contributed by atoms with Crippen molar-refractivity contribution >= 4 is 10.9 Å². The summed E-state index contributed by atoms with van der Waals surface area (Å²) in [7, 11) is 0.122. The summed E-state index contributed by atoms with van der Waals surface area (Å²) < 4.78 is 5.51. The Labute approximate surface area is 112 Å². The van der Waals surface area contributed by atoms with E-state index in [0.29, 0.717) is 0 Å². The lowest BCUT2D eigenvalue weighted by Crippen LogP contribution is -2.13. The molecule has 0 radical (unpaired) electrons. The predicted octanol–water partition coefficient (Wildman–Crippen LogP) is 3.76. The van der Waals surface area contributed by atoms with Gasteiger partial charge in [0.15, 0.2) is 9.79 Å². The van der Waals surface area contributed by atoms with Crippen LogP contribution in [0.3, 0.4) is 0 Å². The van der Waals surface area contributed by atoms with Gasteiger partial charge in [-0.1, -0.05) is 36.4 Å². The van der Waals surface area contributed by atoms with E-state index in [9.17, 15) is 0 Å². The number of hydrogen-bond acceptors (Lipinski definition) is 1. The average molecular weight is 259 g/mol. The van der Waals surface area contributed by atoms with E-state index in [1.54, 1.807) is 0 Å². The highest BCUT2D eigenvalue weighted by molar-refractivity contribution is 7.97. The molecule has 0 amide bonds. The third-order valence-electron chi connectivity index (χ3n) is 2.69. The van der Waals surface area contributed by atoms with Crippen LogP contribution in [-0.2, 0) is 15.6 Å². The second kappa shape index (κ2) is 7.24. The van der Waals surface area contributed by atoms with Crippen LogP contribution in [0.4, 0.5) is 0 Å². The van der Waals surface area contributed by atoms with Gasteiger partial charge in [0, 0.05) is 6.61 Å². The normalized spacial score (nSPS) is 10.8. The van der Waals surface area contributed by atoms with Crippen LogP contribution in [-0.4, -0.2) is 19.0 Å². The van der Waals surface area contributed by atoms with Gasteiger partial charge in [-0.2, -0.15) is 0 Å². The van der Waals surface area contributed by atoms with Crippen molar-refractivity contribution in [1.82, 2.24) is 0 Å². The molecule has 0 aliphatic heterocycles. The number of rotatable bonds is 6. The monoisotopic (exact) mass is 259 g/mol. The van der Waals surface area contributed by atoms with Crippen molar-refractivity contribution < 1.29 is 4.74 Å². The van der Waals surface area contributed by atoms with E-state index in [-0.39, 0.29) is 10.9 Å². The lowest BCUT2D eigenvalue weighted by molar-refractivity contribution is 0.164. The average Bonchev–Trinajstić information content (AvgIpc) is 2.46. The second-order valence-electron chi connectivity index (χ2n) is 3.92. The smallest absolute Gasteiger partial charge is 0.160 e. The minimum atomic E-state index is 0.122. The summed E-state index contributed by atoms with van der Waals surface area (Å²) in [5.74, 6) is 1.06. The Morgan fingerprint density at radius 1 is 0.833 bits per heavy atom. The molecule has 18 heavy (non-hydrogen) atoms. The Hall–Kier alpha value is -1.25. The molecule has 0 spiro atoms. The first kappa shape index (κ1) is 13.2. The van der Waals surface area contributed by atoms with Gasteiger partial charge in [-0.25, -0.2) is 0 Å². The highest BCUT2D eigenvalue weighted by Gasteiger charge is 2.24. The molecule has 0 fully saturated rings.